The van der Waals surface area contributed by atoms with E-state index in [0.717, 1.165) is 19.4 Å². The summed E-state index contributed by atoms with van der Waals surface area (Å²) < 4.78 is 39.6. The zero-order chi connectivity index (χ0) is 24.4. The SMILES string of the molecule is CN(C)Cc1ccc(OCc2nc([C@@H]3CCCCN3S(=O)(=O)c3nc4ccccc4[nH]3)no2)cc1. The second kappa shape index (κ2) is 9.76. The van der Waals surface area contributed by atoms with E-state index in [0.29, 0.717) is 41.5 Å². The van der Waals surface area contributed by atoms with Gasteiger partial charge in [0.1, 0.15) is 5.75 Å². The standard InChI is InChI=1S/C24H28N6O4S/c1-29(2)15-17-10-12-18(13-11-17)33-16-22-27-23(28-34-22)21-9-5-6-14-30(21)35(31,32)24-25-19-7-3-4-8-20(19)26-24/h3-4,7-8,10-13,21H,5-6,9,14-16H2,1-2H3,(H,25,26)/t21-/m0/s1. The number of H-pyrrole nitrogens is 1. The molecule has 35 heavy (non-hydrogen) atoms. The van der Waals surface area contributed by atoms with Crippen molar-refractivity contribution in [1.82, 2.24) is 29.3 Å². The number of ether oxygens (including phenoxy) is 1. The molecule has 11 heteroatoms. The molecular formula is C24H28N6O4S. The van der Waals surface area contributed by atoms with Crippen LogP contribution in [0, 0.1) is 0 Å². The minimum absolute atomic E-state index is 0.0737. The van der Waals surface area contributed by atoms with Crippen molar-refractivity contribution < 1.29 is 17.7 Å². The number of aromatic amines is 1. The molecule has 1 aliphatic heterocycles. The molecule has 5 rings (SSSR count). The van der Waals surface area contributed by atoms with Gasteiger partial charge in [-0.15, -0.1) is 0 Å². The van der Waals surface area contributed by atoms with Crippen molar-refractivity contribution in [3.05, 3.63) is 65.8 Å². The van der Waals surface area contributed by atoms with Crippen molar-refractivity contribution in [2.24, 2.45) is 0 Å². The van der Waals surface area contributed by atoms with E-state index in [9.17, 15) is 8.42 Å². The topological polar surface area (TPSA) is 117 Å². The molecule has 0 saturated carbocycles. The van der Waals surface area contributed by atoms with E-state index < -0.39 is 16.1 Å². The molecule has 4 aromatic rings. The van der Waals surface area contributed by atoms with E-state index >= 15 is 0 Å². The number of benzene rings is 2. The number of hydrogen-bond donors (Lipinski definition) is 1. The molecular weight excluding hydrogens is 468 g/mol. The maximum atomic E-state index is 13.5. The smallest absolute Gasteiger partial charge is 0.277 e. The summed E-state index contributed by atoms with van der Waals surface area (Å²) >= 11 is 0. The summed E-state index contributed by atoms with van der Waals surface area (Å²) in [7, 11) is 0.172. The van der Waals surface area contributed by atoms with Gasteiger partial charge >= 0.3 is 0 Å². The highest BCUT2D eigenvalue weighted by Gasteiger charge is 2.38. The zero-order valence-corrected chi connectivity index (χ0v) is 20.5. The number of hydrogen-bond acceptors (Lipinski definition) is 8. The third-order valence-electron chi connectivity index (χ3n) is 5.94. The van der Waals surface area contributed by atoms with Gasteiger partial charge < -0.3 is 19.1 Å². The predicted octanol–water partition coefficient (Wildman–Crippen LogP) is 3.50. The van der Waals surface area contributed by atoms with Crippen LogP contribution < -0.4 is 4.74 Å². The molecule has 1 aliphatic rings. The van der Waals surface area contributed by atoms with Crippen molar-refractivity contribution in [1.29, 1.82) is 0 Å². The van der Waals surface area contributed by atoms with Gasteiger partial charge in [0.2, 0.25) is 5.16 Å². The molecule has 3 heterocycles. The van der Waals surface area contributed by atoms with Crippen LogP contribution in [0.4, 0.5) is 0 Å². The summed E-state index contributed by atoms with van der Waals surface area (Å²) in [5.41, 5.74) is 2.47. The average Bonchev–Trinajstić information content (AvgIpc) is 3.51. The molecule has 1 N–H and O–H groups in total. The van der Waals surface area contributed by atoms with E-state index in [-0.39, 0.29) is 11.8 Å². The van der Waals surface area contributed by atoms with Gasteiger partial charge in [0, 0.05) is 13.1 Å². The lowest BCUT2D eigenvalue weighted by atomic mass is 10.0. The number of para-hydroxylation sites is 2. The van der Waals surface area contributed by atoms with Crippen LogP contribution in [-0.2, 0) is 23.2 Å². The largest absolute Gasteiger partial charge is 0.484 e. The Hall–Kier alpha value is -3.28. The first-order chi connectivity index (χ1) is 16.9. The molecule has 0 spiro atoms. The van der Waals surface area contributed by atoms with Crippen LogP contribution in [-0.4, -0.2) is 58.4 Å². The lowest BCUT2D eigenvalue weighted by Gasteiger charge is -2.31. The molecule has 0 radical (unpaired) electrons. The fraction of sp³-hybridized carbons (Fsp3) is 0.375. The second-order valence-electron chi connectivity index (χ2n) is 8.90. The van der Waals surface area contributed by atoms with Crippen molar-refractivity contribution in [3.8, 4) is 5.75 Å². The third kappa shape index (κ3) is 5.07. The lowest BCUT2D eigenvalue weighted by Crippen LogP contribution is -2.39. The van der Waals surface area contributed by atoms with E-state index in [1.807, 2.05) is 50.5 Å². The summed E-state index contributed by atoms with van der Waals surface area (Å²) in [5.74, 6) is 1.33. The number of imidazole rings is 1. The number of sulfonamides is 1. The molecule has 0 unspecified atom stereocenters. The number of aromatic nitrogens is 4. The van der Waals surface area contributed by atoms with E-state index in [1.165, 1.54) is 9.87 Å². The summed E-state index contributed by atoms with van der Waals surface area (Å²) in [6, 6.07) is 14.5. The molecule has 2 aromatic carbocycles. The number of rotatable bonds is 8. The van der Waals surface area contributed by atoms with Gasteiger partial charge in [-0.3, -0.25) is 0 Å². The molecule has 184 valence electrons. The van der Waals surface area contributed by atoms with Gasteiger partial charge in [0.05, 0.1) is 17.1 Å². The Balaban J connectivity index is 1.30. The normalized spacial score (nSPS) is 17.3. The maximum absolute atomic E-state index is 13.5. The van der Waals surface area contributed by atoms with Crippen LogP contribution in [0.5, 0.6) is 5.75 Å². The van der Waals surface area contributed by atoms with Crippen LogP contribution in [0.25, 0.3) is 11.0 Å². The fourth-order valence-corrected chi connectivity index (χ4v) is 5.86. The minimum atomic E-state index is -3.87. The highest BCUT2D eigenvalue weighted by atomic mass is 32.2. The highest BCUT2D eigenvalue weighted by Crippen LogP contribution is 2.34. The molecule has 1 atom stereocenters. The first-order valence-electron chi connectivity index (χ1n) is 11.6. The Bertz CT molecular complexity index is 1360. The number of nitrogens with zero attached hydrogens (tertiary/aromatic N) is 5. The highest BCUT2D eigenvalue weighted by molar-refractivity contribution is 7.89. The summed E-state index contributed by atoms with van der Waals surface area (Å²) in [4.78, 5) is 13.8. The Morgan fingerprint density at radius 1 is 1.11 bits per heavy atom. The van der Waals surface area contributed by atoms with Crippen LogP contribution in [0.1, 0.15) is 42.6 Å². The van der Waals surface area contributed by atoms with Crippen molar-refractivity contribution in [3.63, 3.8) is 0 Å². The van der Waals surface area contributed by atoms with Gasteiger partial charge in [-0.05, 0) is 56.8 Å². The quantitative estimate of drug-likeness (QED) is 0.394. The van der Waals surface area contributed by atoms with E-state index in [4.69, 9.17) is 9.26 Å². The second-order valence-corrected chi connectivity index (χ2v) is 10.7. The van der Waals surface area contributed by atoms with Gasteiger partial charge in [-0.25, -0.2) is 13.4 Å². The average molecular weight is 497 g/mol. The first kappa shape index (κ1) is 23.5. The Morgan fingerprint density at radius 2 is 1.91 bits per heavy atom. The molecule has 2 aromatic heterocycles. The van der Waals surface area contributed by atoms with Crippen molar-refractivity contribution >= 4 is 21.1 Å². The van der Waals surface area contributed by atoms with E-state index in [1.54, 1.807) is 12.1 Å². The minimum Gasteiger partial charge on any atom is -0.484 e. The monoisotopic (exact) mass is 496 g/mol. The number of fused-ring (bicyclic) bond motifs is 1. The van der Waals surface area contributed by atoms with Crippen LogP contribution in [0.2, 0.25) is 0 Å². The Labute approximate surface area is 204 Å². The first-order valence-corrected chi connectivity index (χ1v) is 13.0. The van der Waals surface area contributed by atoms with E-state index in [2.05, 4.69) is 25.0 Å². The van der Waals surface area contributed by atoms with Gasteiger partial charge in [-0.1, -0.05) is 35.8 Å². The lowest BCUT2D eigenvalue weighted by molar-refractivity contribution is 0.231. The van der Waals surface area contributed by atoms with Crippen LogP contribution in [0.3, 0.4) is 0 Å². The summed E-state index contributed by atoms with van der Waals surface area (Å²) in [6.07, 6.45) is 2.23. The molecule has 0 aliphatic carbocycles. The van der Waals surface area contributed by atoms with Crippen molar-refractivity contribution in [2.75, 3.05) is 20.6 Å². The molecule has 0 amide bonds. The van der Waals surface area contributed by atoms with Gasteiger partial charge in [0.15, 0.2) is 12.4 Å². The maximum Gasteiger partial charge on any atom is 0.277 e. The molecule has 10 nitrogen and oxygen atoms in total. The van der Waals surface area contributed by atoms with Crippen LogP contribution in [0.15, 0.2) is 58.2 Å². The van der Waals surface area contributed by atoms with Crippen molar-refractivity contribution in [2.45, 2.75) is 43.6 Å². The Morgan fingerprint density at radius 3 is 2.69 bits per heavy atom. The third-order valence-corrected chi connectivity index (χ3v) is 7.68. The van der Waals surface area contributed by atoms with Gasteiger partial charge in [0.25, 0.3) is 15.9 Å². The molecule has 1 fully saturated rings. The zero-order valence-electron chi connectivity index (χ0n) is 19.7. The summed E-state index contributed by atoms with van der Waals surface area (Å²) in [6.45, 7) is 1.31. The fourth-order valence-electron chi connectivity index (χ4n) is 4.28. The number of nitrogens with one attached hydrogen (secondary N) is 1. The predicted molar refractivity (Wildman–Crippen MR) is 129 cm³/mol. The summed E-state index contributed by atoms with van der Waals surface area (Å²) in [5, 5.41) is 4.02. The van der Waals surface area contributed by atoms with Crippen LogP contribution >= 0.6 is 0 Å². The molecule has 1 saturated heterocycles. The van der Waals surface area contributed by atoms with Gasteiger partial charge in [-0.2, -0.15) is 9.29 Å². The number of piperidine rings is 1. The molecule has 0 bridgehead atoms. The Kier molecular flexibility index (Phi) is 6.54.